The lowest BCUT2D eigenvalue weighted by molar-refractivity contribution is -0.385. The first kappa shape index (κ1) is 85.5. The topological polar surface area (TPSA) is 335 Å². The molecule has 0 unspecified atom stereocenters. The van der Waals surface area contributed by atoms with Crippen molar-refractivity contribution in [2.45, 2.75) is 119 Å². The number of nitrogens with one attached hydrogen (secondary N) is 4. The fourth-order valence-electron chi connectivity index (χ4n) is 18.4. The highest BCUT2D eigenvalue weighted by Crippen LogP contribution is 2.56. The second-order valence-electron chi connectivity index (χ2n) is 33.8. The van der Waals surface area contributed by atoms with Gasteiger partial charge >= 0.3 is 0 Å². The molecule has 0 bridgehead atoms. The van der Waals surface area contributed by atoms with Crippen molar-refractivity contribution >= 4 is 111 Å². The molecule has 4 saturated heterocycles. The third kappa shape index (κ3) is 19.8. The number of amides is 2. The normalized spacial score (nSPS) is 18.9. The van der Waals surface area contributed by atoms with Crippen LogP contribution in [0.4, 0.5) is 17.1 Å². The minimum Gasteiger partial charge on any atom is -0.455 e. The van der Waals surface area contributed by atoms with E-state index in [1.807, 2.05) is 42.5 Å². The Hall–Kier alpha value is -10.7. The summed E-state index contributed by atoms with van der Waals surface area (Å²) in [6.45, 7) is 10.7. The van der Waals surface area contributed by atoms with E-state index in [0.29, 0.717) is 104 Å². The summed E-state index contributed by atoms with van der Waals surface area (Å²) in [5.41, 5.74) is 13.1. The molecular weight excluding hydrogens is 1660 g/mol. The van der Waals surface area contributed by atoms with Crippen molar-refractivity contribution in [3.05, 3.63) is 257 Å². The van der Waals surface area contributed by atoms with Crippen molar-refractivity contribution in [2.75, 3.05) is 104 Å². The lowest BCUT2D eigenvalue weighted by Gasteiger charge is -2.47. The number of aryl methyl sites for hydroxylation is 2. The summed E-state index contributed by atoms with van der Waals surface area (Å²) in [4.78, 5) is 72.2. The summed E-state index contributed by atoms with van der Waals surface area (Å²) in [6, 6.07) is 41.4. The molecular formula is C93H97Cl2N11O16S2. The summed E-state index contributed by atoms with van der Waals surface area (Å²) >= 11 is 12.5. The van der Waals surface area contributed by atoms with Crippen LogP contribution in [0.2, 0.25) is 10.0 Å². The second-order valence-corrected chi connectivity index (χ2v) is 38.0. The van der Waals surface area contributed by atoms with Gasteiger partial charge in [0.1, 0.15) is 34.3 Å². The van der Waals surface area contributed by atoms with Crippen molar-refractivity contribution in [2.24, 2.45) is 16.7 Å². The zero-order valence-electron chi connectivity index (χ0n) is 68.6. The highest BCUT2D eigenvalue weighted by atomic mass is 35.5. The van der Waals surface area contributed by atoms with Gasteiger partial charge in [0, 0.05) is 139 Å². The smallest absolute Gasteiger partial charge is 0.273 e. The number of hydrogen-bond acceptors (Lipinski definition) is 21. The molecule has 4 aromatic heterocycles. The number of anilines is 1. The molecule has 4 N–H and O–H groups in total. The van der Waals surface area contributed by atoms with Crippen LogP contribution in [-0.2, 0) is 51.8 Å². The molecule has 1 atom stereocenters. The predicted molar refractivity (Wildman–Crippen MR) is 473 cm³/mol. The fraction of sp³-hybridized carbons (Fsp3) is 0.376. The molecule has 5 aliphatic heterocycles. The maximum Gasteiger partial charge on any atom is 0.273 e. The van der Waals surface area contributed by atoms with E-state index in [4.69, 9.17) is 51.6 Å². The Morgan fingerprint density at radius 2 is 1.10 bits per heavy atom. The fourth-order valence-corrected chi connectivity index (χ4v) is 20.6. The van der Waals surface area contributed by atoms with Gasteiger partial charge in [0.2, 0.25) is 0 Å². The molecule has 18 rings (SSSR count). The Balaban J connectivity index is 0.000000176. The van der Waals surface area contributed by atoms with E-state index in [9.17, 15) is 46.7 Å². The molecule has 2 spiro atoms. The third-order valence-corrected chi connectivity index (χ3v) is 28.9. The quantitative estimate of drug-likeness (QED) is 0.0289. The van der Waals surface area contributed by atoms with Crippen molar-refractivity contribution in [3.63, 3.8) is 0 Å². The number of nitrogens with zero attached hydrogens (tertiary/aromatic N) is 7. The molecule has 27 nitrogen and oxygen atoms in total. The van der Waals surface area contributed by atoms with Gasteiger partial charge in [-0.3, -0.25) is 39.6 Å². The molecule has 6 aromatic carbocycles. The number of nitro groups is 2. The van der Waals surface area contributed by atoms with Gasteiger partial charge in [-0.25, -0.2) is 36.2 Å². The average Bonchev–Trinajstić information content (AvgIpc) is 0.844. The monoisotopic (exact) mass is 1760 g/mol. The Labute approximate surface area is 728 Å². The van der Waals surface area contributed by atoms with Gasteiger partial charge in [0.25, 0.3) is 43.2 Å². The lowest BCUT2D eigenvalue weighted by atomic mass is 9.59. The van der Waals surface area contributed by atoms with Crippen LogP contribution in [0, 0.1) is 37.0 Å². The van der Waals surface area contributed by atoms with Gasteiger partial charge in [-0.05, 0) is 226 Å². The van der Waals surface area contributed by atoms with E-state index in [-0.39, 0.29) is 56.8 Å². The van der Waals surface area contributed by atoms with Crippen LogP contribution in [0.5, 0.6) is 23.0 Å². The molecule has 5 fully saturated rings. The zero-order chi connectivity index (χ0) is 85.7. The molecule has 124 heavy (non-hydrogen) atoms. The Morgan fingerprint density at radius 1 is 0.556 bits per heavy atom. The number of benzene rings is 6. The number of ether oxygens (including phenoxy) is 6. The van der Waals surface area contributed by atoms with Gasteiger partial charge in [0.15, 0.2) is 0 Å². The number of nitro benzene ring substituents is 2. The molecule has 2 amide bonds. The van der Waals surface area contributed by atoms with Crippen LogP contribution in [0.25, 0.3) is 38.8 Å². The first-order valence-electron chi connectivity index (χ1n) is 42.4. The van der Waals surface area contributed by atoms with Crippen LogP contribution in [0.15, 0.2) is 197 Å². The number of carbonyl (C=O) groups excluding carboxylic acids is 2. The number of fused-ring (bicyclic) bond motifs is 2. The predicted octanol–water partition coefficient (Wildman–Crippen LogP) is 17.5. The van der Waals surface area contributed by atoms with Gasteiger partial charge in [0.05, 0.1) is 82.3 Å². The SMILES string of the molecule is O=C(NS(=O)(=O)c1ccc(CCC2CCOCC2)c([N+](=O)[O-])c1)c1ccc(C2=CCN(CC3=C(c4ccc(Cl)cc4)CC4(CCC4)CC3)CC2)cc1Oc1cnc2[nH]ccc2c1.O=C(NS(=O)(=O)c1ccc(CC[C@@H]2COCCO2)c([N+](=O)[O-])c1)c1ccc(N2CCN(CC3=C(c4ccc(Cl)cc4)CC4(CC3)COC4)CC2)cc1Oc1cnc2[nH]ccc2c1. The number of carbonyl (C=O) groups is 2. The van der Waals surface area contributed by atoms with Crippen molar-refractivity contribution in [1.29, 1.82) is 0 Å². The summed E-state index contributed by atoms with van der Waals surface area (Å²) in [6.07, 6.45) is 23.6. The number of piperazine rings is 1. The Morgan fingerprint density at radius 3 is 1.62 bits per heavy atom. The third-order valence-electron chi connectivity index (χ3n) is 25.7. The van der Waals surface area contributed by atoms with Gasteiger partial charge in [-0.2, -0.15) is 0 Å². The van der Waals surface area contributed by atoms with Crippen molar-refractivity contribution < 1.29 is 64.7 Å². The first-order chi connectivity index (χ1) is 60.0. The van der Waals surface area contributed by atoms with Crippen LogP contribution < -0.4 is 23.8 Å². The van der Waals surface area contributed by atoms with E-state index >= 15 is 0 Å². The average molecular weight is 1760 g/mol. The number of aromatic nitrogens is 4. The first-order valence-corrected chi connectivity index (χ1v) is 46.1. The van der Waals surface area contributed by atoms with E-state index in [2.05, 4.69) is 74.4 Å². The molecule has 646 valence electrons. The van der Waals surface area contributed by atoms with Gasteiger partial charge in [-0.1, -0.05) is 89.3 Å². The number of sulfonamides is 2. The minimum absolute atomic E-state index is 0.0182. The minimum atomic E-state index is -4.56. The molecule has 8 aliphatic rings. The van der Waals surface area contributed by atoms with Crippen LogP contribution in [0.3, 0.4) is 0 Å². The number of aromatic amines is 2. The van der Waals surface area contributed by atoms with E-state index in [1.165, 1.54) is 102 Å². The number of rotatable bonds is 26. The summed E-state index contributed by atoms with van der Waals surface area (Å²) in [7, 11) is -9.08. The van der Waals surface area contributed by atoms with Crippen LogP contribution in [-0.4, -0.2) is 173 Å². The maximum atomic E-state index is 13.9. The lowest BCUT2D eigenvalue weighted by Crippen LogP contribution is -2.48. The number of H-pyrrole nitrogens is 2. The van der Waals surface area contributed by atoms with Gasteiger partial charge < -0.3 is 43.3 Å². The van der Waals surface area contributed by atoms with Crippen LogP contribution >= 0.6 is 23.2 Å². The molecule has 31 heteroatoms. The summed E-state index contributed by atoms with van der Waals surface area (Å²) in [5.74, 6) is -0.521. The van der Waals surface area contributed by atoms with Crippen LogP contribution in [0.1, 0.15) is 138 Å². The summed E-state index contributed by atoms with van der Waals surface area (Å²) in [5, 5.41) is 27.3. The van der Waals surface area contributed by atoms with Crippen molar-refractivity contribution in [1.82, 2.24) is 39.2 Å². The maximum absolute atomic E-state index is 13.9. The highest BCUT2D eigenvalue weighted by molar-refractivity contribution is 7.90. The molecule has 10 aromatic rings. The number of allylic oxidation sites excluding steroid dienone is 2. The number of pyridine rings is 2. The Kier molecular flexibility index (Phi) is 25.7. The Bertz CT molecular complexity index is 6030. The van der Waals surface area contributed by atoms with E-state index < -0.39 is 46.6 Å². The summed E-state index contributed by atoms with van der Waals surface area (Å²) < 4.78 is 93.9. The second kappa shape index (κ2) is 37.2. The molecule has 1 saturated carbocycles. The zero-order valence-corrected chi connectivity index (χ0v) is 71.7. The number of halogens is 2. The van der Waals surface area contributed by atoms with Gasteiger partial charge in [-0.15, -0.1) is 0 Å². The van der Waals surface area contributed by atoms with E-state index in [0.717, 1.165) is 160 Å². The largest absolute Gasteiger partial charge is 0.455 e. The standard InChI is InChI=1S/C48H50ClN5O7S.C45H47ClN6O9S/c49-39-8-4-34(5-9-39)43-29-48(18-1-19-48)20-12-38(43)31-53-22-14-33(15-23-53)36-7-11-42(45(27-36)61-40-26-37-13-21-50-46(37)51-30-40)47(55)52-62(58,59)41-10-6-35(44(28-41)54(56)57)3-2-32-16-24-60-25-17-32;46-34-5-1-30(2-6-34)40-24-45(28-59-29-45)13-11-33(40)26-50-15-17-51(18-16-50)35-7-10-39(42(22-35)61-37-21-32-12-14-47-43(32)48-25-37)44(53)49-62(56,57)38-9-4-31(41(23-38)52(54)55)3-8-36-27-58-19-20-60-36/h4-11,13-14,21,26-28,30,32H,1-3,12,15-20,22-25,29,31H2,(H,50,51)(H,52,55);1-2,4-7,9-10,12,14,21-23,25,36H,3,8,11,13,15-20,24,26-29H2,(H,47,48)(H,49,53)/t;36-/m.1/s1. The number of hydrogen-bond donors (Lipinski definition) is 4. The highest BCUT2D eigenvalue weighted by Gasteiger charge is 2.44. The molecule has 9 heterocycles. The molecule has 3 aliphatic carbocycles. The molecule has 0 radical (unpaired) electrons. The van der Waals surface area contributed by atoms with E-state index in [1.54, 1.807) is 48.8 Å². The van der Waals surface area contributed by atoms with Crippen molar-refractivity contribution in [3.8, 4) is 23.0 Å².